The minimum Gasteiger partial charge on any atom is -0.305 e. The molecule has 4 nitrogen and oxygen atoms in total. The van der Waals surface area contributed by atoms with Crippen molar-refractivity contribution < 1.29 is 0 Å². The van der Waals surface area contributed by atoms with E-state index in [0.717, 1.165) is 12.4 Å². The highest BCUT2D eigenvalue weighted by Gasteiger charge is 1.95. The molecule has 0 aliphatic heterocycles. The van der Waals surface area contributed by atoms with Crippen LogP contribution in [0.1, 0.15) is 10.7 Å². The van der Waals surface area contributed by atoms with Gasteiger partial charge in [0.2, 0.25) is 0 Å². The molecular weight excluding hydrogens is 196 g/mol. The number of rotatable bonds is 4. The fourth-order valence-electron chi connectivity index (χ4n) is 1.05. The first-order chi connectivity index (χ1) is 6.95. The third-order valence-electron chi connectivity index (χ3n) is 1.69. The standard InChI is InChI=1S/C9H10N4S/c1-2-12-9(13-3-1)6-10-4-8-5-11-7-14-8/h1-3,5,7,10H,4,6H2. The second-order valence-electron chi connectivity index (χ2n) is 2.74. The molecule has 2 aromatic rings. The first-order valence-corrected chi connectivity index (χ1v) is 5.17. The molecule has 72 valence electrons. The van der Waals surface area contributed by atoms with Gasteiger partial charge in [-0.2, -0.15) is 0 Å². The lowest BCUT2D eigenvalue weighted by molar-refractivity contribution is 0.667. The zero-order valence-corrected chi connectivity index (χ0v) is 8.37. The van der Waals surface area contributed by atoms with Crippen molar-refractivity contribution in [2.75, 3.05) is 0 Å². The number of nitrogens with zero attached hydrogens (tertiary/aromatic N) is 3. The van der Waals surface area contributed by atoms with Gasteiger partial charge in [0.1, 0.15) is 5.82 Å². The highest BCUT2D eigenvalue weighted by molar-refractivity contribution is 7.09. The lowest BCUT2D eigenvalue weighted by Gasteiger charge is -2.00. The average molecular weight is 206 g/mol. The monoisotopic (exact) mass is 206 g/mol. The van der Waals surface area contributed by atoms with Crippen LogP contribution in [0.2, 0.25) is 0 Å². The van der Waals surface area contributed by atoms with Crippen molar-refractivity contribution in [2.24, 2.45) is 0 Å². The van der Waals surface area contributed by atoms with E-state index in [4.69, 9.17) is 0 Å². The van der Waals surface area contributed by atoms with E-state index in [1.165, 1.54) is 4.88 Å². The Bertz CT molecular complexity index is 360. The van der Waals surface area contributed by atoms with Gasteiger partial charge in [-0.15, -0.1) is 11.3 Å². The molecule has 0 radical (unpaired) electrons. The van der Waals surface area contributed by atoms with Crippen LogP contribution in [0.25, 0.3) is 0 Å². The molecule has 0 aliphatic rings. The molecule has 5 heteroatoms. The summed E-state index contributed by atoms with van der Waals surface area (Å²) >= 11 is 1.64. The lowest BCUT2D eigenvalue weighted by Crippen LogP contribution is -2.13. The van der Waals surface area contributed by atoms with Crippen molar-refractivity contribution in [3.05, 3.63) is 40.9 Å². The Morgan fingerprint density at radius 1 is 1.21 bits per heavy atom. The SMILES string of the molecule is c1cnc(CNCc2cncs2)nc1. The number of hydrogen-bond acceptors (Lipinski definition) is 5. The zero-order valence-electron chi connectivity index (χ0n) is 7.55. The normalized spacial score (nSPS) is 10.3. The second-order valence-corrected chi connectivity index (χ2v) is 3.71. The van der Waals surface area contributed by atoms with Gasteiger partial charge < -0.3 is 5.32 Å². The largest absolute Gasteiger partial charge is 0.305 e. The quantitative estimate of drug-likeness (QED) is 0.817. The van der Waals surface area contributed by atoms with Crippen molar-refractivity contribution in [2.45, 2.75) is 13.1 Å². The van der Waals surface area contributed by atoms with Crippen LogP contribution < -0.4 is 5.32 Å². The Morgan fingerprint density at radius 2 is 2.07 bits per heavy atom. The first kappa shape index (κ1) is 9.23. The Kier molecular flexibility index (Phi) is 3.15. The van der Waals surface area contributed by atoms with Crippen molar-refractivity contribution in [3.63, 3.8) is 0 Å². The van der Waals surface area contributed by atoms with E-state index < -0.39 is 0 Å². The topological polar surface area (TPSA) is 50.7 Å². The second kappa shape index (κ2) is 4.78. The fourth-order valence-corrected chi connectivity index (χ4v) is 1.61. The van der Waals surface area contributed by atoms with E-state index in [1.54, 1.807) is 23.7 Å². The van der Waals surface area contributed by atoms with Crippen molar-refractivity contribution in [3.8, 4) is 0 Å². The minimum absolute atomic E-state index is 0.693. The summed E-state index contributed by atoms with van der Waals surface area (Å²) in [5.74, 6) is 0.817. The summed E-state index contributed by atoms with van der Waals surface area (Å²) in [7, 11) is 0. The van der Waals surface area contributed by atoms with Crippen LogP contribution in [-0.4, -0.2) is 15.0 Å². The summed E-state index contributed by atoms with van der Waals surface area (Å²) in [6, 6.07) is 1.81. The molecule has 0 saturated carbocycles. The van der Waals surface area contributed by atoms with E-state index in [0.29, 0.717) is 6.54 Å². The van der Waals surface area contributed by atoms with Crippen LogP contribution in [-0.2, 0) is 13.1 Å². The van der Waals surface area contributed by atoms with E-state index in [-0.39, 0.29) is 0 Å². The molecule has 0 atom stereocenters. The van der Waals surface area contributed by atoms with E-state index >= 15 is 0 Å². The summed E-state index contributed by atoms with van der Waals surface area (Å²) in [4.78, 5) is 13.4. The molecule has 1 N–H and O–H groups in total. The highest BCUT2D eigenvalue weighted by Crippen LogP contribution is 2.04. The molecule has 2 aromatic heterocycles. The predicted molar refractivity (Wildman–Crippen MR) is 54.7 cm³/mol. The molecule has 0 spiro atoms. The maximum absolute atomic E-state index is 4.11. The fraction of sp³-hybridized carbons (Fsp3) is 0.222. The highest BCUT2D eigenvalue weighted by atomic mass is 32.1. The minimum atomic E-state index is 0.693. The molecule has 0 bridgehead atoms. The zero-order chi connectivity index (χ0) is 9.64. The molecule has 0 aliphatic carbocycles. The van der Waals surface area contributed by atoms with E-state index in [1.807, 2.05) is 17.8 Å². The van der Waals surface area contributed by atoms with Gasteiger partial charge in [0.25, 0.3) is 0 Å². The summed E-state index contributed by atoms with van der Waals surface area (Å²) < 4.78 is 0. The molecule has 0 aromatic carbocycles. The van der Waals surface area contributed by atoms with Crippen LogP contribution in [0, 0.1) is 0 Å². The third-order valence-corrected chi connectivity index (χ3v) is 2.46. The van der Waals surface area contributed by atoms with Crippen molar-refractivity contribution >= 4 is 11.3 Å². The van der Waals surface area contributed by atoms with Crippen molar-refractivity contribution in [1.29, 1.82) is 0 Å². The van der Waals surface area contributed by atoms with Gasteiger partial charge in [0.15, 0.2) is 0 Å². The van der Waals surface area contributed by atoms with Gasteiger partial charge in [0, 0.05) is 30.0 Å². The number of hydrogen-bond donors (Lipinski definition) is 1. The molecule has 0 saturated heterocycles. The number of aromatic nitrogens is 3. The molecule has 2 heterocycles. The number of thiazole rings is 1. The molecule has 0 amide bonds. The average Bonchev–Trinajstić information content (AvgIpc) is 2.72. The van der Waals surface area contributed by atoms with E-state index in [9.17, 15) is 0 Å². The lowest BCUT2D eigenvalue weighted by atomic mass is 10.5. The van der Waals surface area contributed by atoms with Crippen LogP contribution >= 0.6 is 11.3 Å². The number of nitrogens with one attached hydrogen (secondary N) is 1. The van der Waals surface area contributed by atoms with Gasteiger partial charge in [-0.3, -0.25) is 4.98 Å². The van der Waals surface area contributed by atoms with Gasteiger partial charge in [-0.1, -0.05) is 0 Å². The summed E-state index contributed by atoms with van der Waals surface area (Å²) in [5, 5.41) is 3.25. The Balaban J connectivity index is 1.79. The summed E-state index contributed by atoms with van der Waals surface area (Å²) in [5.41, 5.74) is 1.83. The van der Waals surface area contributed by atoms with Crippen LogP contribution in [0.4, 0.5) is 0 Å². The van der Waals surface area contributed by atoms with Crippen molar-refractivity contribution in [1.82, 2.24) is 20.3 Å². The Hall–Kier alpha value is -1.33. The summed E-state index contributed by atoms with van der Waals surface area (Å²) in [6.45, 7) is 1.52. The Labute approximate surface area is 86.1 Å². The first-order valence-electron chi connectivity index (χ1n) is 4.29. The maximum atomic E-state index is 4.11. The molecule has 0 fully saturated rings. The molecule has 0 unspecified atom stereocenters. The van der Waals surface area contributed by atoms with Gasteiger partial charge in [-0.25, -0.2) is 9.97 Å². The third kappa shape index (κ3) is 2.58. The molecule has 14 heavy (non-hydrogen) atoms. The van der Waals surface area contributed by atoms with Gasteiger partial charge in [0.05, 0.1) is 12.1 Å². The van der Waals surface area contributed by atoms with Crippen LogP contribution in [0.5, 0.6) is 0 Å². The van der Waals surface area contributed by atoms with Gasteiger partial charge in [-0.05, 0) is 6.07 Å². The van der Waals surface area contributed by atoms with Gasteiger partial charge >= 0.3 is 0 Å². The predicted octanol–water partition coefficient (Wildman–Crippen LogP) is 1.22. The summed E-state index contributed by atoms with van der Waals surface area (Å²) in [6.07, 6.45) is 5.36. The van der Waals surface area contributed by atoms with E-state index in [2.05, 4.69) is 20.3 Å². The molecular formula is C9H10N4S. The maximum Gasteiger partial charge on any atom is 0.141 e. The Morgan fingerprint density at radius 3 is 2.79 bits per heavy atom. The van der Waals surface area contributed by atoms with Crippen LogP contribution in [0.15, 0.2) is 30.2 Å². The smallest absolute Gasteiger partial charge is 0.141 e. The molecule has 2 rings (SSSR count). The van der Waals surface area contributed by atoms with Crippen LogP contribution in [0.3, 0.4) is 0 Å².